The van der Waals surface area contributed by atoms with Crippen molar-refractivity contribution < 1.29 is 9.53 Å². The van der Waals surface area contributed by atoms with E-state index in [1.165, 1.54) is 0 Å². The minimum absolute atomic E-state index is 0.0107. The fraction of sp³-hybridized carbons (Fsp3) is 0.250. The Labute approximate surface area is 199 Å². The van der Waals surface area contributed by atoms with E-state index in [1.807, 2.05) is 93.6 Å². The smallest absolute Gasteiger partial charge is 0.266 e. The lowest BCUT2D eigenvalue weighted by atomic mass is 10.1. The molecule has 0 N–H and O–H groups in total. The number of ether oxygens (including phenoxy) is 1. The van der Waals surface area contributed by atoms with Crippen molar-refractivity contribution >= 4 is 16.8 Å². The Morgan fingerprint density at radius 1 is 0.971 bits per heavy atom. The van der Waals surface area contributed by atoms with Crippen LogP contribution < -0.4 is 10.3 Å². The minimum atomic E-state index is -0.459. The third-order valence-electron chi connectivity index (χ3n) is 5.87. The highest BCUT2D eigenvalue weighted by molar-refractivity contribution is 5.79. The van der Waals surface area contributed by atoms with Crippen LogP contribution in [0.15, 0.2) is 83.7 Å². The molecule has 1 amide bonds. The predicted molar refractivity (Wildman–Crippen MR) is 134 cm³/mol. The second-order valence-corrected chi connectivity index (χ2v) is 8.07. The molecule has 0 aliphatic rings. The van der Waals surface area contributed by atoms with Crippen molar-refractivity contribution in [1.82, 2.24) is 14.5 Å². The van der Waals surface area contributed by atoms with E-state index >= 15 is 0 Å². The topological polar surface area (TPSA) is 64.4 Å². The number of carbonyl (C=O) groups excluding carboxylic acids is 1. The summed E-state index contributed by atoms with van der Waals surface area (Å²) < 4.78 is 7.45. The maximum atomic E-state index is 13.8. The number of rotatable bonds is 8. The van der Waals surface area contributed by atoms with Crippen LogP contribution in [-0.2, 0) is 11.3 Å². The van der Waals surface area contributed by atoms with Crippen LogP contribution >= 0.6 is 0 Å². The molecule has 0 saturated heterocycles. The average Bonchev–Trinajstić information content (AvgIpc) is 2.88. The Kier molecular flexibility index (Phi) is 7.07. The van der Waals surface area contributed by atoms with Crippen LogP contribution in [0.3, 0.4) is 0 Å². The molecule has 1 aromatic heterocycles. The molecule has 3 aromatic carbocycles. The summed E-state index contributed by atoms with van der Waals surface area (Å²) in [6, 6.07) is 24.1. The third-order valence-corrected chi connectivity index (χ3v) is 5.87. The molecule has 6 heteroatoms. The highest BCUT2D eigenvalue weighted by Crippen LogP contribution is 2.29. The summed E-state index contributed by atoms with van der Waals surface area (Å²) in [7, 11) is 0. The van der Waals surface area contributed by atoms with Crippen molar-refractivity contribution in [3.8, 4) is 11.4 Å². The molecule has 174 valence electrons. The fourth-order valence-corrected chi connectivity index (χ4v) is 4.15. The van der Waals surface area contributed by atoms with E-state index in [0.29, 0.717) is 47.7 Å². The minimum Gasteiger partial charge on any atom is -0.492 e. The lowest BCUT2D eigenvalue weighted by molar-refractivity contribution is -0.133. The van der Waals surface area contributed by atoms with Crippen LogP contribution in [0.2, 0.25) is 0 Å². The van der Waals surface area contributed by atoms with Gasteiger partial charge in [-0.1, -0.05) is 61.5 Å². The van der Waals surface area contributed by atoms with Gasteiger partial charge in [-0.25, -0.2) is 4.98 Å². The molecule has 0 fully saturated rings. The van der Waals surface area contributed by atoms with Gasteiger partial charge in [0.05, 0.1) is 29.2 Å². The van der Waals surface area contributed by atoms with Crippen LogP contribution in [0.4, 0.5) is 0 Å². The lowest BCUT2D eigenvalue weighted by Gasteiger charge is -2.31. The molecule has 0 aliphatic carbocycles. The van der Waals surface area contributed by atoms with Gasteiger partial charge in [-0.15, -0.1) is 0 Å². The van der Waals surface area contributed by atoms with Crippen molar-refractivity contribution in [2.45, 2.75) is 39.8 Å². The van der Waals surface area contributed by atoms with E-state index in [9.17, 15) is 9.59 Å². The van der Waals surface area contributed by atoms with Gasteiger partial charge in [0, 0.05) is 13.0 Å². The number of hydrogen-bond donors (Lipinski definition) is 0. The zero-order valence-electron chi connectivity index (χ0n) is 19.8. The van der Waals surface area contributed by atoms with E-state index in [0.717, 1.165) is 5.56 Å². The number of nitrogens with zero attached hydrogens (tertiary/aromatic N) is 3. The van der Waals surface area contributed by atoms with Gasteiger partial charge in [0.2, 0.25) is 5.91 Å². The average molecular weight is 456 g/mol. The molecule has 0 aliphatic heterocycles. The van der Waals surface area contributed by atoms with Crippen LogP contribution in [-0.4, -0.2) is 27.0 Å². The van der Waals surface area contributed by atoms with E-state index in [4.69, 9.17) is 9.72 Å². The van der Waals surface area contributed by atoms with Gasteiger partial charge in [0.1, 0.15) is 11.6 Å². The first-order valence-electron chi connectivity index (χ1n) is 11.6. The highest BCUT2D eigenvalue weighted by Gasteiger charge is 2.27. The van der Waals surface area contributed by atoms with Crippen LogP contribution in [0.25, 0.3) is 16.6 Å². The predicted octanol–water partition coefficient (Wildman–Crippen LogP) is 5.28. The zero-order valence-corrected chi connectivity index (χ0v) is 19.8. The van der Waals surface area contributed by atoms with Gasteiger partial charge < -0.3 is 9.64 Å². The van der Waals surface area contributed by atoms with E-state index in [1.54, 1.807) is 15.5 Å². The van der Waals surface area contributed by atoms with Gasteiger partial charge in [-0.2, -0.15) is 0 Å². The molecule has 4 rings (SSSR count). The van der Waals surface area contributed by atoms with E-state index in [-0.39, 0.29) is 11.5 Å². The molecule has 1 heterocycles. The van der Waals surface area contributed by atoms with Gasteiger partial charge in [-0.3, -0.25) is 14.2 Å². The van der Waals surface area contributed by atoms with Crippen molar-refractivity contribution in [2.24, 2.45) is 0 Å². The van der Waals surface area contributed by atoms with Gasteiger partial charge in [0.15, 0.2) is 0 Å². The molecule has 34 heavy (non-hydrogen) atoms. The molecule has 1 atom stereocenters. The van der Waals surface area contributed by atoms with Crippen molar-refractivity contribution in [3.63, 3.8) is 0 Å². The molecule has 6 nitrogen and oxygen atoms in total. The first-order valence-corrected chi connectivity index (χ1v) is 11.6. The molecule has 0 saturated carbocycles. The summed E-state index contributed by atoms with van der Waals surface area (Å²) in [6.07, 6.45) is 0.352. The number of para-hydroxylation sites is 3. The Balaban J connectivity index is 1.94. The molecule has 4 aromatic rings. The molecule has 0 spiro atoms. The normalized spacial score (nSPS) is 11.9. The summed E-state index contributed by atoms with van der Waals surface area (Å²) in [5, 5.41) is 0.515. The van der Waals surface area contributed by atoms with Gasteiger partial charge >= 0.3 is 0 Å². The second kappa shape index (κ2) is 10.3. The summed E-state index contributed by atoms with van der Waals surface area (Å²) in [6.45, 7) is 6.56. The number of benzene rings is 3. The van der Waals surface area contributed by atoms with Crippen molar-refractivity contribution in [3.05, 3.63) is 101 Å². The highest BCUT2D eigenvalue weighted by atomic mass is 16.5. The summed E-state index contributed by atoms with van der Waals surface area (Å²) >= 11 is 0. The largest absolute Gasteiger partial charge is 0.492 e. The van der Waals surface area contributed by atoms with Crippen LogP contribution in [0.1, 0.15) is 44.6 Å². The van der Waals surface area contributed by atoms with E-state index in [2.05, 4.69) is 0 Å². The Hall–Kier alpha value is -3.93. The maximum absolute atomic E-state index is 13.8. The number of hydrogen-bond acceptors (Lipinski definition) is 4. The first-order chi connectivity index (χ1) is 16.5. The number of fused-ring (bicyclic) bond motifs is 1. The third kappa shape index (κ3) is 4.57. The molecule has 0 unspecified atom stereocenters. The molecule has 0 radical (unpaired) electrons. The summed E-state index contributed by atoms with van der Waals surface area (Å²) in [5.74, 6) is 1.08. The Morgan fingerprint density at radius 3 is 2.38 bits per heavy atom. The van der Waals surface area contributed by atoms with E-state index < -0.39 is 6.04 Å². The quantitative estimate of drug-likeness (QED) is 0.362. The first kappa shape index (κ1) is 23.2. The SMILES string of the molecule is CCOc1ccccc1-n1c([C@@H](C)N(Cc2ccccc2)C(=O)CC)nc2ccccc2c1=O. The standard InChI is InChI=1S/C28H29N3O3/c1-4-26(32)30(19-21-13-7-6-8-14-21)20(3)27-29-23-16-10-9-15-22(23)28(33)31(27)24-17-11-12-18-25(24)34-5-2/h6-18,20H,4-5,19H2,1-3H3/t20-/m1/s1. The van der Waals surface area contributed by atoms with Gasteiger partial charge in [0.25, 0.3) is 5.56 Å². The molecular weight excluding hydrogens is 426 g/mol. The van der Waals surface area contributed by atoms with Gasteiger partial charge in [-0.05, 0) is 43.7 Å². The monoisotopic (exact) mass is 455 g/mol. The maximum Gasteiger partial charge on any atom is 0.266 e. The zero-order chi connectivity index (χ0) is 24.1. The summed E-state index contributed by atoms with van der Waals surface area (Å²) in [4.78, 5) is 33.6. The Bertz CT molecular complexity index is 1350. The fourth-order valence-electron chi connectivity index (χ4n) is 4.15. The molecular formula is C28H29N3O3. The van der Waals surface area contributed by atoms with Crippen LogP contribution in [0.5, 0.6) is 5.75 Å². The Morgan fingerprint density at radius 2 is 1.65 bits per heavy atom. The van der Waals surface area contributed by atoms with Crippen LogP contribution in [0, 0.1) is 0 Å². The van der Waals surface area contributed by atoms with Crippen molar-refractivity contribution in [1.29, 1.82) is 0 Å². The number of amides is 1. The number of aromatic nitrogens is 2. The second-order valence-electron chi connectivity index (χ2n) is 8.07. The van der Waals surface area contributed by atoms with Crippen molar-refractivity contribution in [2.75, 3.05) is 6.61 Å². The molecule has 0 bridgehead atoms. The number of carbonyl (C=O) groups is 1. The summed E-state index contributed by atoms with van der Waals surface area (Å²) in [5.41, 5.74) is 2.03. The lowest BCUT2D eigenvalue weighted by Crippen LogP contribution is -2.36.